The summed E-state index contributed by atoms with van der Waals surface area (Å²) in [4.78, 5) is 10.0. The molecular weight excluding hydrogens is 147 g/mol. The molecule has 1 aromatic rings. The van der Waals surface area contributed by atoms with Gasteiger partial charge < -0.3 is 9.90 Å². The first-order valence-corrected chi connectivity index (χ1v) is 3.13. The summed E-state index contributed by atoms with van der Waals surface area (Å²) >= 11 is 0. The van der Waals surface area contributed by atoms with Gasteiger partial charge in [-0.05, 0) is 17.7 Å². The van der Waals surface area contributed by atoms with E-state index in [-0.39, 0.29) is 5.56 Å². The number of hydrogen-bond donors (Lipinski definition) is 1. The summed E-state index contributed by atoms with van der Waals surface area (Å²) in [6.07, 6.45) is -0.861. The molecule has 2 nitrogen and oxygen atoms in total. The van der Waals surface area contributed by atoms with E-state index >= 15 is 0 Å². The number of aliphatic hydroxyl groups excluding tert-OH is 1. The first-order valence-electron chi connectivity index (χ1n) is 3.13. The summed E-state index contributed by atoms with van der Waals surface area (Å²) in [5, 5.41) is 8.92. The molecule has 1 unspecified atom stereocenters. The highest BCUT2D eigenvalue weighted by molar-refractivity contribution is 5.59. The van der Waals surface area contributed by atoms with Crippen molar-refractivity contribution in [3.63, 3.8) is 0 Å². The normalized spacial score (nSPS) is 12.5. The van der Waals surface area contributed by atoms with E-state index in [2.05, 4.69) is 0 Å². The molecule has 0 amide bonds. The number of aliphatic hydroxyl groups is 1. The van der Waals surface area contributed by atoms with Crippen LogP contribution in [0.1, 0.15) is 11.7 Å². The molecule has 0 saturated heterocycles. The van der Waals surface area contributed by atoms with Crippen molar-refractivity contribution in [2.75, 3.05) is 0 Å². The smallest absolute Gasteiger partial charge is 0.153 e. The minimum absolute atomic E-state index is 0.278. The molecule has 58 valence electrons. The Labute approximate surface area is 63.3 Å². The Morgan fingerprint density at radius 1 is 1.55 bits per heavy atom. The minimum atomic E-state index is -1.22. The molecule has 11 heavy (non-hydrogen) atoms. The van der Waals surface area contributed by atoms with E-state index in [0.717, 1.165) is 6.07 Å². The lowest BCUT2D eigenvalue weighted by Crippen LogP contribution is -1.97. The summed E-state index contributed by atoms with van der Waals surface area (Å²) in [7, 11) is 0. The van der Waals surface area contributed by atoms with Crippen LogP contribution < -0.4 is 0 Å². The predicted octanol–water partition coefficient (Wildman–Crippen LogP) is 1.06. The summed E-state index contributed by atoms with van der Waals surface area (Å²) in [6, 6.07) is 5.31. The second-order valence-electron chi connectivity index (χ2n) is 2.14. The first-order chi connectivity index (χ1) is 5.24. The van der Waals surface area contributed by atoms with E-state index in [4.69, 9.17) is 5.11 Å². The second kappa shape index (κ2) is 3.25. The third-order valence-electron chi connectivity index (χ3n) is 1.32. The molecule has 0 heterocycles. The zero-order valence-corrected chi connectivity index (χ0v) is 5.70. The predicted molar refractivity (Wildman–Crippen MR) is 37.4 cm³/mol. The minimum Gasteiger partial charge on any atom is -0.381 e. The number of halogens is 1. The van der Waals surface area contributed by atoms with Gasteiger partial charge in [-0.3, -0.25) is 0 Å². The van der Waals surface area contributed by atoms with Gasteiger partial charge in [-0.15, -0.1) is 0 Å². The molecule has 1 aromatic carbocycles. The van der Waals surface area contributed by atoms with Gasteiger partial charge in [0.1, 0.15) is 11.9 Å². The summed E-state index contributed by atoms with van der Waals surface area (Å²) in [5.41, 5.74) is 0.278. The Bertz CT molecular complexity index is 260. The van der Waals surface area contributed by atoms with Gasteiger partial charge in [-0.25, -0.2) is 4.39 Å². The fraction of sp³-hybridized carbons (Fsp3) is 0.125. The lowest BCUT2D eigenvalue weighted by Gasteiger charge is -2.01. The Balaban J connectivity index is 2.95. The van der Waals surface area contributed by atoms with Crippen LogP contribution in [0, 0.1) is 5.82 Å². The van der Waals surface area contributed by atoms with Gasteiger partial charge in [-0.2, -0.15) is 0 Å². The van der Waals surface area contributed by atoms with Crippen LogP contribution in [0.25, 0.3) is 0 Å². The van der Waals surface area contributed by atoms with E-state index in [1.807, 2.05) is 0 Å². The van der Waals surface area contributed by atoms with Crippen molar-refractivity contribution < 1.29 is 14.3 Å². The molecule has 0 fully saturated rings. The number of carbonyl (C=O) groups is 1. The maximum atomic E-state index is 12.4. The van der Waals surface area contributed by atoms with E-state index in [0.29, 0.717) is 6.29 Å². The SMILES string of the molecule is O=CC(O)c1cccc(F)c1. The van der Waals surface area contributed by atoms with Crippen molar-refractivity contribution in [2.45, 2.75) is 6.10 Å². The van der Waals surface area contributed by atoms with Crippen molar-refractivity contribution in [1.29, 1.82) is 0 Å². The number of benzene rings is 1. The van der Waals surface area contributed by atoms with Crippen LogP contribution in [0.15, 0.2) is 24.3 Å². The van der Waals surface area contributed by atoms with E-state index in [9.17, 15) is 9.18 Å². The molecule has 0 aliphatic rings. The zero-order chi connectivity index (χ0) is 8.27. The zero-order valence-electron chi connectivity index (χ0n) is 5.70. The molecule has 0 bridgehead atoms. The summed E-state index contributed by atoms with van der Waals surface area (Å²) in [6.45, 7) is 0. The van der Waals surface area contributed by atoms with Crippen LogP contribution in [0.4, 0.5) is 4.39 Å². The molecule has 3 heteroatoms. The average Bonchev–Trinajstić information content (AvgIpc) is 2.03. The van der Waals surface area contributed by atoms with Crippen molar-refractivity contribution in [2.24, 2.45) is 0 Å². The standard InChI is InChI=1S/C8H7FO2/c9-7-3-1-2-6(4-7)8(11)5-10/h1-5,8,11H. The van der Waals surface area contributed by atoms with Gasteiger partial charge in [0.15, 0.2) is 6.29 Å². The summed E-state index contributed by atoms with van der Waals surface area (Å²) in [5.74, 6) is -0.455. The Morgan fingerprint density at radius 2 is 2.27 bits per heavy atom. The van der Waals surface area contributed by atoms with Gasteiger partial charge >= 0.3 is 0 Å². The fourth-order valence-corrected chi connectivity index (χ4v) is 0.769. The summed E-state index contributed by atoms with van der Waals surface area (Å²) < 4.78 is 12.4. The quantitative estimate of drug-likeness (QED) is 0.646. The van der Waals surface area contributed by atoms with Gasteiger partial charge in [0.25, 0.3) is 0 Å². The number of rotatable bonds is 2. The van der Waals surface area contributed by atoms with Crippen molar-refractivity contribution in [3.8, 4) is 0 Å². The number of hydrogen-bond acceptors (Lipinski definition) is 2. The van der Waals surface area contributed by atoms with Crippen LogP contribution in [-0.4, -0.2) is 11.4 Å². The molecular formula is C8H7FO2. The first kappa shape index (κ1) is 7.88. The van der Waals surface area contributed by atoms with Crippen LogP contribution in [0.3, 0.4) is 0 Å². The lowest BCUT2D eigenvalue weighted by atomic mass is 10.1. The van der Waals surface area contributed by atoms with E-state index in [1.54, 1.807) is 0 Å². The fourth-order valence-electron chi connectivity index (χ4n) is 0.769. The van der Waals surface area contributed by atoms with E-state index < -0.39 is 11.9 Å². The van der Waals surface area contributed by atoms with Crippen LogP contribution in [0.5, 0.6) is 0 Å². The van der Waals surface area contributed by atoms with Crippen LogP contribution in [0.2, 0.25) is 0 Å². The van der Waals surface area contributed by atoms with Crippen LogP contribution >= 0.6 is 0 Å². The molecule has 0 radical (unpaired) electrons. The molecule has 1 rings (SSSR count). The monoisotopic (exact) mass is 154 g/mol. The maximum absolute atomic E-state index is 12.4. The van der Waals surface area contributed by atoms with Crippen molar-refractivity contribution in [3.05, 3.63) is 35.6 Å². The molecule has 0 spiro atoms. The molecule has 1 N–H and O–H groups in total. The largest absolute Gasteiger partial charge is 0.381 e. The Morgan fingerprint density at radius 3 is 2.82 bits per heavy atom. The molecule has 0 aliphatic carbocycles. The molecule has 0 aromatic heterocycles. The number of carbonyl (C=O) groups excluding carboxylic acids is 1. The van der Waals surface area contributed by atoms with Crippen LogP contribution in [-0.2, 0) is 4.79 Å². The maximum Gasteiger partial charge on any atom is 0.153 e. The van der Waals surface area contributed by atoms with Gasteiger partial charge in [0.2, 0.25) is 0 Å². The number of aldehydes is 1. The third kappa shape index (κ3) is 1.85. The highest BCUT2D eigenvalue weighted by atomic mass is 19.1. The highest BCUT2D eigenvalue weighted by Crippen LogP contribution is 2.10. The lowest BCUT2D eigenvalue weighted by molar-refractivity contribution is -0.115. The third-order valence-corrected chi connectivity index (χ3v) is 1.32. The Hall–Kier alpha value is -1.22. The molecule has 0 aliphatic heterocycles. The Kier molecular flexibility index (Phi) is 2.33. The second-order valence-corrected chi connectivity index (χ2v) is 2.14. The van der Waals surface area contributed by atoms with Gasteiger partial charge in [0, 0.05) is 0 Å². The topological polar surface area (TPSA) is 37.3 Å². The highest BCUT2D eigenvalue weighted by Gasteiger charge is 2.04. The van der Waals surface area contributed by atoms with E-state index in [1.165, 1.54) is 18.2 Å². The molecule has 0 saturated carbocycles. The van der Waals surface area contributed by atoms with Gasteiger partial charge in [-0.1, -0.05) is 12.1 Å². The van der Waals surface area contributed by atoms with Crippen molar-refractivity contribution >= 4 is 6.29 Å². The van der Waals surface area contributed by atoms with Gasteiger partial charge in [0.05, 0.1) is 0 Å². The average molecular weight is 154 g/mol. The van der Waals surface area contributed by atoms with Crippen molar-refractivity contribution in [1.82, 2.24) is 0 Å². The molecule has 1 atom stereocenters.